The summed E-state index contributed by atoms with van der Waals surface area (Å²) in [6.45, 7) is 5.15. The third kappa shape index (κ3) is 5.11. The fourth-order valence-electron chi connectivity index (χ4n) is 3.64. The van der Waals surface area contributed by atoms with Crippen LogP contribution in [0.5, 0.6) is 0 Å². The Bertz CT molecular complexity index is 1130. The number of carbonyl (C=O) groups excluding carboxylic acids is 2. The second kappa shape index (κ2) is 9.44. The molecule has 1 saturated heterocycles. The number of rotatable bonds is 4. The molecule has 1 atom stereocenters. The zero-order valence-electron chi connectivity index (χ0n) is 17.9. The molecule has 9 heteroatoms. The minimum atomic E-state index is -0.388. The summed E-state index contributed by atoms with van der Waals surface area (Å²) in [6, 6.07) is 11.4. The number of piperidine rings is 1. The molecule has 0 spiro atoms. The molecule has 3 aromatic rings. The second-order valence-corrected chi connectivity index (χ2v) is 8.95. The Labute approximate surface area is 189 Å². The summed E-state index contributed by atoms with van der Waals surface area (Å²) in [5.74, 6) is -0.733. The molecular weight excluding hydrogens is 429 g/mol. The number of halogens is 1. The van der Waals surface area contributed by atoms with Crippen molar-refractivity contribution >= 4 is 34.6 Å². The zero-order chi connectivity index (χ0) is 22.7. The van der Waals surface area contributed by atoms with Gasteiger partial charge in [-0.05, 0) is 68.1 Å². The standard InChI is InChI=1S/C23H24FN5O2S/c1-14-5-6-15(2)19(12-14)26-23(31)29-11-3-4-16(13-29)21-27-28-22(32-21)20(30)25-18-9-7-17(24)8-10-18/h5-10,12,16H,3-4,11,13H2,1-2H3,(H,25,30)(H,26,31). The van der Waals surface area contributed by atoms with Gasteiger partial charge in [-0.3, -0.25) is 4.79 Å². The first-order valence-electron chi connectivity index (χ1n) is 10.4. The van der Waals surface area contributed by atoms with Crippen molar-refractivity contribution < 1.29 is 14.0 Å². The number of amides is 3. The fourth-order valence-corrected chi connectivity index (χ4v) is 4.50. The summed E-state index contributed by atoms with van der Waals surface area (Å²) < 4.78 is 13.0. The van der Waals surface area contributed by atoms with Crippen molar-refractivity contribution in [3.63, 3.8) is 0 Å². The van der Waals surface area contributed by atoms with E-state index in [1.807, 2.05) is 32.0 Å². The van der Waals surface area contributed by atoms with Crippen molar-refractivity contribution in [1.29, 1.82) is 0 Å². The lowest BCUT2D eigenvalue weighted by atomic mass is 9.99. The second-order valence-electron chi connectivity index (χ2n) is 7.94. The molecule has 1 aliphatic rings. The predicted molar refractivity (Wildman–Crippen MR) is 123 cm³/mol. The van der Waals surface area contributed by atoms with Crippen LogP contribution < -0.4 is 10.6 Å². The highest BCUT2D eigenvalue weighted by Gasteiger charge is 2.28. The van der Waals surface area contributed by atoms with E-state index in [0.717, 1.165) is 34.7 Å². The number of carbonyl (C=O) groups is 2. The molecule has 2 aromatic carbocycles. The van der Waals surface area contributed by atoms with Gasteiger partial charge < -0.3 is 15.5 Å². The molecule has 0 bridgehead atoms. The van der Waals surface area contributed by atoms with Gasteiger partial charge in [0.25, 0.3) is 5.91 Å². The number of nitrogens with one attached hydrogen (secondary N) is 2. The van der Waals surface area contributed by atoms with Gasteiger partial charge in [0.1, 0.15) is 10.8 Å². The van der Waals surface area contributed by atoms with Gasteiger partial charge in [-0.2, -0.15) is 0 Å². The van der Waals surface area contributed by atoms with E-state index in [1.165, 1.54) is 35.6 Å². The van der Waals surface area contributed by atoms with Crippen molar-refractivity contribution in [2.24, 2.45) is 0 Å². The first-order chi connectivity index (χ1) is 15.4. The van der Waals surface area contributed by atoms with Crippen LogP contribution in [0.2, 0.25) is 0 Å². The molecule has 7 nitrogen and oxygen atoms in total. The Hall–Kier alpha value is -3.33. The third-order valence-corrected chi connectivity index (χ3v) is 6.51. The topological polar surface area (TPSA) is 87.2 Å². The third-order valence-electron chi connectivity index (χ3n) is 5.43. The minimum absolute atomic E-state index is 0.0259. The number of urea groups is 1. The van der Waals surface area contributed by atoms with Crippen LogP contribution in [-0.2, 0) is 0 Å². The molecule has 4 rings (SSSR count). The maximum atomic E-state index is 13.0. The maximum absolute atomic E-state index is 13.0. The lowest BCUT2D eigenvalue weighted by Gasteiger charge is -2.31. The van der Waals surface area contributed by atoms with Crippen LogP contribution in [0.3, 0.4) is 0 Å². The van der Waals surface area contributed by atoms with Gasteiger partial charge in [-0.15, -0.1) is 10.2 Å². The quantitative estimate of drug-likeness (QED) is 0.585. The molecule has 3 amide bonds. The van der Waals surface area contributed by atoms with Gasteiger partial charge in [0.05, 0.1) is 0 Å². The molecule has 166 valence electrons. The number of aryl methyl sites for hydroxylation is 2. The van der Waals surface area contributed by atoms with Crippen molar-refractivity contribution in [1.82, 2.24) is 15.1 Å². The number of benzene rings is 2. The Morgan fingerprint density at radius 1 is 1.09 bits per heavy atom. The predicted octanol–water partition coefficient (Wildman–Crippen LogP) is 4.96. The molecule has 1 fully saturated rings. The van der Waals surface area contributed by atoms with Crippen LogP contribution in [-0.4, -0.2) is 40.1 Å². The Balaban J connectivity index is 1.39. The van der Waals surface area contributed by atoms with Crippen LogP contribution in [0.15, 0.2) is 42.5 Å². The van der Waals surface area contributed by atoms with Crippen molar-refractivity contribution in [2.45, 2.75) is 32.6 Å². The Kier molecular flexibility index (Phi) is 6.45. The largest absolute Gasteiger partial charge is 0.324 e. The molecule has 2 heterocycles. The molecule has 1 unspecified atom stereocenters. The number of likely N-dealkylation sites (tertiary alicyclic amines) is 1. The normalized spacial score (nSPS) is 16.0. The highest BCUT2D eigenvalue weighted by atomic mass is 32.1. The van der Waals surface area contributed by atoms with Gasteiger partial charge in [0.2, 0.25) is 5.01 Å². The zero-order valence-corrected chi connectivity index (χ0v) is 18.7. The molecular formula is C23H24FN5O2S. The van der Waals surface area contributed by atoms with Crippen LogP contribution in [0.25, 0.3) is 0 Å². The number of anilines is 2. The average molecular weight is 454 g/mol. The molecule has 0 radical (unpaired) electrons. The first kappa shape index (κ1) is 21.9. The van der Waals surface area contributed by atoms with Gasteiger partial charge in [-0.1, -0.05) is 23.5 Å². The van der Waals surface area contributed by atoms with Crippen LogP contribution >= 0.6 is 11.3 Å². The fraction of sp³-hybridized carbons (Fsp3) is 0.304. The summed E-state index contributed by atoms with van der Waals surface area (Å²) >= 11 is 1.23. The summed E-state index contributed by atoms with van der Waals surface area (Å²) in [4.78, 5) is 27.1. The molecule has 0 aliphatic carbocycles. The number of hydrogen-bond acceptors (Lipinski definition) is 5. The van der Waals surface area contributed by atoms with Crippen LogP contribution in [0.1, 0.15) is 44.7 Å². The van der Waals surface area contributed by atoms with Crippen LogP contribution in [0.4, 0.5) is 20.6 Å². The van der Waals surface area contributed by atoms with Gasteiger partial charge in [0.15, 0.2) is 0 Å². The molecule has 2 N–H and O–H groups in total. The lowest BCUT2D eigenvalue weighted by Crippen LogP contribution is -2.41. The smallest absolute Gasteiger partial charge is 0.321 e. The number of nitrogens with zero attached hydrogens (tertiary/aromatic N) is 3. The van der Waals surface area contributed by atoms with E-state index in [1.54, 1.807) is 4.90 Å². The SMILES string of the molecule is Cc1ccc(C)c(NC(=O)N2CCCC(c3nnc(C(=O)Nc4ccc(F)cc4)s3)C2)c1. The molecule has 32 heavy (non-hydrogen) atoms. The van der Waals surface area contributed by atoms with Crippen molar-refractivity contribution in [3.8, 4) is 0 Å². The van der Waals surface area contributed by atoms with E-state index < -0.39 is 0 Å². The number of aromatic nitrogens is 2. The summed E-state index contributed by atoms with van der Waals surface area (Å²) in [5.41, 5.74) is 3.40. The van der Waals surface area contributed by atoms with E-state index >= 15 is 0 Å². The van der Waals surface area contributed by atoms with Gasteiger partial charge in [0, 0.05) is 30.4 Å². The van der Waals surface area contributed by atoms with E-state index in [4.69, 9.17) is 0 Å². The lowest BCUT2D eigenvalue weighted by molar-refractivity contribution is 0.102. The summed E-state index contributed by atoms with van der Waals surface area (Å²) in [5, 5.41) is 14.9. The van der Waals surface area contributed by atoms with E-state index in [9.17, 15) is 14.0 Å². The Morgan fingerprint density at radius 3 is 2.66 bits per heavy atom. The summed E-state index contributed by atoms with van der Waals surface area (Å²) in [6.07, 6.45) is 1.73. The highest BCUT2D eigenvalue weighted by molar-refractivity contribution is 7.13. The van der Waals surface area contributed by atoms with Crippen LogP contribution in [0, 0.1) is 19.7 Å². The maximum Gasteiger partial charge on any atom is 0.321 e. The van der Waals surface area contributed by atoms with Gasteiger partial charge in [-0.25, -0.2) is 9.18 Å². The molecule has 1 aromatic heterocycles. The monoisotopic (exact) mass is 453 g/mol. The van der Waals surface area contributed by atoms with E-state index in [2.05, 4.69) is 20.8 Å². The van der Waals surface area contributed by atoms with Crippen molar-refractivity contribution in [2.75, 3.05) is 23.7 Å². The van der Waals surface area contributed by atoms with Gasteiger partial charge >= 0.3 is 6.03 Å². The minimum Gasteiger partial charge on any atom is -0.324 e. The van der Waals surface area contributed by atoms with Crippen molar-refractivity contribution in [3.05, 3.63) is 69.4 Å². The highest BCUT2D eigenvalue weighted by Crippen LogP contribution is 2.30. The molecule has 1 aliphatic heterocycles. The summed E-state index contributed by atoms with van der Waals surface area (Å²) in [7, 11) is 0. The average Bonchev–Trinajstić information content (AvgIpc) is 3.28. The molecule has 0 saturated carbocycles. The van der Waals surface area contributed by atoms with E-state index in [0.29, 0.717) is 18.8 Å². The first-order valence-corrected chi connectivity index (χ1v) is 11.2. The van der Waals surface area contributed by atoms with E-state index in [-0.39, 0.29) is 28.7 Å². The number of hydrogen-bond donors (Lipinski definition) is 2. The Morgan fingerprint density at radius 2 is 1.88 bits per heavy atom.